The summed E-state index contributed by atoms with van der Waals surface area (Å²) in [5.41, 5.74) is 1.45. The Morgan fingerprint density at radius 1 is 1.00 bits per heavy atom. The molecule has 2 rings (SSSR count). The molecule has 1 aliphatic heterocycles. The number of imide groups is 1. The number of anilines is 1. The molecule has 0 bridgehead atoms. The molecule has 1 aromatic rings. The van der Waals surface area contributed by atoms with Crippen LogP contribution in [0, 0.1) is 0 Å². The molecule has 1 N–H and O–H groups in total. The molecule has 8 heteroatoms. The van der Waals surface area contributed by atoms with Crippen LogP contribution in [0.4, 0.5) is 5.69 Å². The topological polar surface area (TPSA) is 92.8 Å². The van der Waals surface area contributed by atoms with Gasteiger partial charge >= 0.3 is 0 Å². The number of benzene rings is 1. The lowest BCUT2D eigenvalue weighted by Gasteiger charge is -2.14. The van der Waals surface area contributed by atoms with Crippen LogP contribution in [-0.2, 0) is 30.3 Å². The van der Waals surface area contributed by atoms with Crippen LogP contribution in [0.3, 0.4) is 0 Å². The molecule has 0 aliphatic carbocycles. The Hall–Kier alpha value is -2.07. The van der Waals surface area contributed by atoms with Crippen LogP contribution in [0.15, 0.2) is 36.4 Å². The molecule has 0 unspecified atom stereocenters. The molecule has 0 atom stereocenters. The van der Waals surface area contributed by atoms with Gasteiger partial charge in [-0.25, -0.2) is 4.90 Å². The molecule has 0 radical (unpaired) electrons. The van der Waals surface area contributed by atoms with Gasteiger partial charge in [-0.05, 0) is 46.7 Å². The molecule has 0 saturated carbocycles. The van der Waals surface area contributed by atoms with E-state index < -0.39 is 0 Å². The zero-order chi connectivity index (χ0) is 18.9. The highest BCUT2D eigenvalue weighted by Gasteiger charge is 2.24. The highest BCUT2D eigenvalue weighted by Crippen LogP contribution is 2.19. The lowest BCUT2D eigenvalue weighted by Crippen LogP contribution is -2.29. The number of nitrogens with zero attached hydrogens (tertiary/aromatic N) is 1. The van der Waals surface area contributed by atoms with E-state index in [0.29, 0.717) is 44.7 Å². The molecule has 0 spiro atoms. The van der Waals surface area contributed by atoms with Crippen molar-refractivity contribution in [3.05, 3.63) is 42.0 Å². The molecule has 1 heterocycles. The molecule has 138 valence electrons. The van der Waals surface area contributed by atoms with Crippen molar-refractivity contribution in [2.24, 2.45) is 0 Å². The van der Waals surface area contributed by atoms with E-state index in [4.69, 9.17) is 4.74 Å². The van der Waals surface area contributed by atoms with Gasteiger partial charge < -0.3 is 10.1 Å². The van der Waals surface area contributed by atoms with Crippen molar-refractivity contribution in [1.29, 1.82) is 0 Å². The number of carbonyl (C=O) groups is 4. The Morgan fingerprint density at radius 3 is 2.27 bits per heavy atom. The van der Waals surface area contributed by atoms with E-state index in [9.17, 15) is 19.2 Å². The number of rotatable bonds is 10. The first-order chi connectivity index (χ1) is 12.5. The number of carbonyl (C=O) groups excluding carboxylic acids is 4. The Morgan fingerprint density at radius 2 is 1.65 bits per heavy atom. The molecule has 26 heavy (non-hydrogen) atoms. The van der Waals surface area contributed by atoms with E-state index in [1.807, 2.05) is 0 Å². The first-order valence-electron chi connectivity index (χ1n) is 8.15. The number of nitrogens with one attached hydrogen (secondary N) is 1. The normalized spacial score (nSPS) is 13.3. The summed E-state index contributed by atoms with van der Waals surface area (Å²) in [6.45, 7) is 1.14. The second-order valence-electron chi connectivity index (χ2n) is 5.58. The lowest BCUT2D eigenvalue weighted by atomic mass is 10.1. The zero-order valence-electron chi connectivity index (χ0n) is 14.1. The van der Waals surface area contributed by atoms with E-state index in [1.54, 1.807) is 46.9 Å². The standard InChI is InChI=1S/C18H19IN2O5/c19-15(22)9-11-26-12-10-20-16(23)6-3-13-1-4-14(5-2-13)21-17(24)7-8-18(21)25/h1-2,4-5,7-8H,3,6,9-12H2,(H,20,23). The number of halogens is 1. The Kier molecular flexibility index (Phi) is 7.92. The summed E-state index contributed by atoms with van der Waals surface area (Å²) in [5.74, 6) is -0.795. The minimum Gasteiger partial charge on any atom is -0.379 e. The fraction of sp³-hybridized carbons (Fsp3) is 0.333. The molecule has 3 amide bonds. The molecule has 1 aromatic carbocycles. The van der Waals surface area contributed by atoms with Gasteiger partial charge in [0.1, 0.15) is 0 Å². The molecular weight excluding hydrogens is 451 g/mol. The summed E-state index contributed by atoms with van der Waals surface area (Å²) in [5, 5.41) is 2.75. The minimum atomic E-state index is -0.354. The van der Waals surface area contributed by atoms with Crippen LogP contribution in [0.1, 0.15) is 18.4 Å². The van der Waals surface area contributed by atoms with E-state index in [0.717, 1.165) is 10.5 Å². The third kappa shape index (κ3) is 6.34. The van der Waals surface area contributed by atoms with Gasteiger partial charge in [0.15, 0.2) is 3.79 Å². The Labute approximate surface area is 164 Å². The molecule has 0 fully saturated rings. The van der Waals surface area contributed by atoms with Gasteiger partial charge in [-0.15, -0.1) is 0 Å². The number of hydrogen-bond donors (Lipinski definition) is 1. The van der Waals surface area contributed by atoms with Crippen molar-refractivity contribution in [2.75, 3.05) is 24.7 Å². The molecule has 0 saturated heterocycles. The van der Waals surface area contributed by atoms with Crippen molar-refractivity contribution in [1.82, 2.24) is 5.32 Å². The van der Waals surface area contributed by atoms with E-state index in [2.05, 4.69) is 5.32 Å². The number of hydrogen-bond acceptors (Lipinski definition) is 5. The average Bonchev–Trinajstić information content (AvgIpc) is 2.95. The maximum Gasteiger partial charge on any atom is 0.258 e. The quantitative estimate of drug-likeness (QED) is 0.243. The number of amides is 3. The summed E-state index contributed by atoms with van der Waals surface area (Å²) in [4.78, 5) is 46.9. The van der Waals surface area contributed by atoms with Crippen LogP contribution < -0.4 is 10.2 Å². The Bertz CT molecular complexity index is 697. The van der Waals surface area contributed by atoms with Gasteiger partial charge in [0.2, 0.25) is 5.91 Å². The van der Waals surface area contributed by atoms with Gasteiger partial charge in [-0.2, -0.15) is 0 Å². The fourth-order valence-electron chi connectivity index (χ4n) is 2.33. The zero-order valence-corrected chi connectivity index (χ0v) is 16.2. The molecule has 1 aliphatic rings. The van der Waals surface area contributed by atoms with Crippen molar-refractivity contribution in [2.45, 2.75) is 19.3 Å². The van der Waals surface area contributed by atoms with E-state index in [-0.39, 0.29) is 21.5 Å². The summed E-state index contributed by atoms with van der Waals surface area (Å²) < 4.78 is 5.28. The number of aryl methyl sites for hydroxylation is 1. The Balaban J connectivity index is 1.68. The largest absolute Gasteiger partial charge is 0.379 e. The van der Waals surface area contributed by atoms with Crippen molar-refractivity contribution in [3.8, 4) is 0 Å². The monoisotopic (exact) mass is 470 g/mol. The SMILES string of the molecule is O=C(I)CCOCCNC(=O)CCc1ccc(N2C(=O)C=CC2=O)cc1. The van der Waals surface area contributed by atoms with Crippen molar-refractivity contribution in [3.63, 3.8) is 0 Å². The first-order valence-corrected chi connectivity index (χ1v) is 9.23. The van der Waals surface area contributed by atoms with Crippen LogP contribution in [0.25, 0.3) is 0 Å². The van der Waals surface area contributed by atoms with Gasteiger partial charge in [-0.3, -0.25) is 19.2 Å². The fourth-order valence-corrected chi connectivity index (χ4v) is 2.55. The summed E-state index contributed by atoms with van der Waals surface area (Å²) in [6.07, 6.45) is 3.73. The third-order valence-electron chi connectivity index (χ3n) is 3.66. The van der Waals surface area contributed by atoms with Crippen molar-refractivity contribution >= 4 is 49.8 Å². The average molecular weight is 470 g/mol. The van der Waals surface area contributed by atoms with Gasteiger partial charge in [0.25, 0.3) is 11.8 Å². The van der Waals surface area contributed by atoms with Crippen LogP contribution in [-0.4, -0.2) is 41.3 Å². The lowest BCUT2D eigenvalue weighted by molar-refractivity contribution is -0.122. The molecule has 7 nitrogen and oxygen atoms in total. The summed E-state index contributed by atoms with van der Waals surface area (Å²) >= 11 is 1.72. The second-order valence-corrected chi connectivity index (χ2v) is 6.78. The number of ether oxygens (including phenoxy) is 1. The predicted molar refractivity (Wildman–Crippen MR) is 104 cm³/mol. The van der Waals surface area contributed by atoms with Gasteiger partial charge in [-0.1, -0.05) is 12.1 Å². The van der Waals surface area contributed by atoms with Crippen LogP contribution in [0.5, 0.6) is 0 Å². The first kappa shape index (κ1) is 20.2. The highest BCUT2D eigenvalue weighted by atomic mass is 127. The third-order valence-corrected chi connectivity index (χ3v) is 4.20. The predicted octanol–water partition coefficient (Wildman–Crippen LogP) is 1.53. The highest BCUT2D eigenvalue weighted by molar-refractivity contribution is 14.1. The smallest absolute Gasteiger partial charge is 0.258 e. The maximum atomic E-state index is 11.8. The maximum absolute atomic E-state index is 11.8. The summed E-state index contributed by atoms with van der Waals surface area (Å²) in [6, 6.07) is 6.98. The van der Waals surface area contributed by atoms with Crippen LogP contribution >= 0.6 is 22.6 Å². The van der Waals surface area contributed by atoms with Crippen LogP contribution in [0.2, 0.25) is 0 Å². The van der Waals surface area contributed by atoms with Gasteiger partial charge in [0.05, 0.1) is 18.9 Å². The van der Waals surface area contributed by atoms with E-state index >= 15 is 0 Å². The van der Waals surface area contributed by atoms with Crippen molar-refractivity contribution < 1.29 is 23.9 Å². The molecular formula is C18H19IN2O5. The minimum absolute atomic E-state index is 0.0485. The molecule has 0 aromatic heterocycles. The van der Waals surface area contributed by atoms with E-state index in [1.165, 1.54) is 12.2 Å². The second kappa shape index (κ2) is 10.2. The summed E-state index contributed by atoms with van der Waals surface area (Å²) in [7, 11) is 0. The van der Waals surface area contributed by atoms with Gasteiger partial charge in [0, 0.05) is 31.5 Å².